The minimum absolute atomic E-state index is 0.441. The first-order valence-corrected chi connectivity index (χ1v) is 4.99. The van der Waals surface area contributed by atoms with Gasteiger partial charge >= 0.3 is 0 Å². The van der Waals surface area contributed by atoms with Gasteiger partial charge in [0.15, 0.2) is 5.82 Å². The second-order valence-electron chi connectivity index (χ2n) is 3.51. The number of nitro groups is 1. The highest BCUT2D eigenvalue weighted by molar-refractivity contribution is 5.11. The van der Waals surface area contributed by atoms with Crippen molar-refractivity contribution < 1.29 is 4.92 Å². The van der Waals surface area contributed by atoms with Gasteiger partial charge in [-0.15, -0.1) is 0 Å². The van der Waals surface area contributed by atoms with E-state index in [0.29, 0.717) is 12.4 Å². The maximum Gasteiger partial charge on any atom is 0.274 e. The molecule has 0 atom stereocenters. The fourth-order valence-corrected chi connectivity index (χ4v) is 1.65. The van der Waals surface area contributed by atoms with E-state index in [-0.39, 0.29) is 0 Å². The summed E-state index contributed by atoms with van der Waals surface area (Å²) < 4.78 is 0. The maximum atomic E-state index is 10.4. The molecule has 2 rings (SSSR count). The summed E-state index contributed by atoms with van der Waals surface area (Å²) in [6, 6.07) is 3.81. The van der Waals surface area contributed by atoms with Crippen LogP contribution in [0.2, 0.25) is 0 Å². The molecule has 6 nitrogen and oxygen atoms in total. The lowest BCUT2D eigenvalue weighted by atomic mass is 10.3. The molecule has 84 valence electrons. The fraction of sp³-hybridized carbons (Fsp3) is 0.300. The summed E-state index contributed by atoms with van der Waals surface area (Å²) in [6.45, 7) is 2.15. The molecule has 0 amide bonds. The summed E-state index contributed by atoms with van der Waals surface area (Å²) in [5, 5.41) is 13.4. The summed E-state index contributed by atoms with van der Waals surface area (Å²) in [7, 11) is 0. The minimum Gasteiger partial charge on any atom is -0.365 e. The van der Waals surface area contributed by atoms with E-state index in [9.17, 15) is 10.1 Å². The van der Waals surface area contributed by atoms with Crippen LogP contribution in [0.15, 0.2) is 36.5 Å². The van der Waals surface area contributed by atoms with Gasteiger partial charge in [-0.2, -0.15) is 0 Å². The Morgan fingerprint density at radius 1 is 1.69 bits per heavy atom. The van der Waals surface area contributed by atoms with E-state index < -0.39 is 4.92 Å². The molecule has 6 heteroatoms. The summed E-state index contributed by atoms with van der Waals surface area (Å²) >= 11 is 0. The predicted octanol–water partition coefficient (Wildman–Crippen LogP) is 0.562. The van der Waals surface area contributed by atoms with Gasteiger partial charge < -0.3 is 10.2 Å². The van der Waals surface area contributed by atoms with Crippen LogP contribution in [0.5, 0.6) is 0 Å². The molecule has 1 aliphatic rings. The van der Waals surface area contributed by atoms with Gasteiger partial charge in [-0.3, -0.25) is 15.1 Å². The van der Waals surface area contributed by atoms with Crippen LogP contribution in [0.1, 0.15) is 5.56 Å². The van der Waals surface area contributed by atoms with Crippen LogP contribution in [0, 0.1) is 10.1 Å². The van der Waals surface area contributed by atoms with E-state index in [2.05, 4.69) is 10.3 Å². The molecule has 0 radical (unpaired) electrons. The highest BCUT2D eigenvalue weighted by Gasteiger charge is 2.19. The standard InChI is InChI=1S/C10H12N4O2/c15-14(16)8-10-12-4-5-13(10)7-9-2-1-3-11-6-9/h1-3,6,8,12H,4-5,7H2/b10-8-. The Labute approximate surface area is 92.7 Å². The van der Waals surface area contributed by atoms with Crippen LogP contribution in [0.4, 0.5) is 0 Å². The summed E-state index contributed by atoms with van der Waals surface area (Å²) in [4.78, 5) is 15.9. The van der Waals surface area contributed by atoms with Gasteiger partial charge in [-0.05, 0) is 11.6 Å². The molecule has 0 aliphatic carbocycles. The summed E-state index contributed by atoms with van der Waals surface area (Å²) in [5.41, 5.74) is 1.04. The maximum absolute atomic E-state index is 10.4. The Kier molecular flexibility index (Phi) is 3.00. The first-order chi connectivity index (χ1) is 7.75. The normalized spacial score (nSPS) is 17.5. The van der Waals surface area contributed by atoms with E-state index in [4.69, 9.17) is 0 Å². The third-order valence-corrected chi connectivity index (χ3v) is 2.35. The van der Waals surface area contributed by atoms with Gasteiger partial charge in [0.1, 0.15) is 0 Å². The highest BCUT2D eigenvalue weighted by Crippen LogP contribution is 2.11. The van der Waals surface area contributed by atoms with Crippen molar-refractivity contribution in [2.24, 2.45) is 0 Å². The SMILES string of the molecule is O=[N+]([O-])/C=C1/NCCN1Cc1cccnc1. The molecule has 0 saturated carbocycles. The molecule has 0 bridgehead atoms. The van der Waals surface area contributed by atoms with Crippen molar-refractivity contribution >= 4 is 0 Å². The molecule has 2 heterocycles. The first-order valence-electron chi connectivity index (χ1n) is 4.99. The topological polar surface area (TPSA) is 71.3 Å². The molecule has 1 fully saturated rings. The largest absolute Gasteiger partial charge is 0.365 e. The van der Waals surface area contributed by atoms with Gasteiger partial charge in [0.05, 0.1) is 4.92 Å². The van der Waals surface area contributed by atoms with E-state index in [1.807, 2.05) is 17.0 Å². The van der Waals surface area contributed by atoms with Crippen molar-refractivity contribution in [2.45, 2.75) is 6.54 Å². The summed E-state index contributed by atoms with van der Waals surface area (Å²) in [5.74, 6) is 0.564. The highest BCUT2D eigenvalue weighted by atomic mass is 16.6. The van der Waals surface area contributed by atoms with Gasteiger partial charge in [0.25, 0.3) is 6.20 Å². The molecular formula is C10H12N4O2. The number of hydrogen-bond donors (Lipinski definition) is 1. The van der Waals surface area contributed by atoms with Crippen LogP contribution in [0.25, 0.3) is 0 Å². The van der Waals surface area contributed by atoms with E-state index in [1.165, 1.54) is 0 Å². The molecule has 0 aromatic carbocycles. The predicted molar refractivity (Wildman–Crippen MR) is 57.7 cm³/mol. The van der Waals surface area contributed by atoms with Gasteiger partial charge in [-0.25, -0.2) is 0 Å². The lowest BCUT2D eigenvalue weighted by molar-refractivity contribution is -0.404. The molecule has 16 heavy (non-hydrogen) atoms. The van der Waals surface area contributed by atoms with Gasteiger partial charge in [0.2, 0.25) is 0 Å². The van der Waals surface area contributed by atoms with Crippen LogP contribution in [0.3, 0.4) is 0 Å². The van der Waals surface area contributed by atoms with Crippen molar-refractivity contribution in [2.75, 3.05) is 13.1 Å². The zero-order valence-electron chi connectivity index (χ0n) is 8.67. The number of pyridine rings is 1. The monoisotopic (exact) mass is 220 g/mol. The third kappa shape index (κ3) is 2.47. The van der Waals surface area contributed by atoms with Crippen molar-refractivity contribution in [1.29, 1.82) is 0 Å². The van der Waals surface area contributed by atoms with E-state index in [1.54, 1.807) is 12.4 Å². The summed E-state index contributed by atoms with van der Waals surface area (Å²) in [6.07, 6.45) is 4.48. The van der Waals surface area contributed by atoms with Crippen molar-refractivity contribution in [1.82, 2.24) is 15.2 Å². The molecule has 1 N–H and O–H groups in total. The number of nitrogens with one attached hydrogen (secondary N) is 1. The molecular weight excluding hydrogens is 208 g/mol. The van der Waals surface area contributed by atoms with Crippen LogP contribution in [-0.4, -0.2) is 27.9 Å². The number of aromatic nitrogens is 1. The molecule has 1 saturated heterocycles. The average Bonchev–Trinajstić information content (AvgIpc) is 2.66. The van der Waals surface area contributed by atoms with Crippen LogP contribution >= 0.6 is 0 Å². The van der Waals surface area contributed by atoms with Crippen molar-refractivity contribution in [3.05, 3.63) is 52.2 Å². The smallest absolute Gasteiger partial charge is 0.274 e. The van der Waals surface area contributed by atoms with E-state index in [0.717, 1.165) is 24.9 Å². The number of hydrogen-bond acceptors (Lipinski definition) is 5. The minimum atomic E-state index is -0.441. The Morgan fingerprint density at radius 2 is 2.56 bits per heavy atom. The third-order valence-electron chi connectivity index (χ3n) is 2.35. The second kappa shape index (κ2) is 4.61. The van der Waals surface area contributed by atoms with Crippen molar-refractivity contribution in [3.63, 3.8) is 0 Å². The van der Waals surface area contributed by atoms with Crippen LogP contribution < -0.4 is 5.32 Å². The van der Waals surface area contributed by atoms with Crippen molar-refractivity contribution in [3.8, 4) is 0 Å². The quantitative estimate of drug-likeness (QED) is 0.595. The molecule has 1 aliphatic heterocycles. The zero-order chi connectivity index (χ0) is 11.4. The van der Waals surface area contributed by atoms with Crippen LogP contribution in [-0.2, 0) is 6.54 Å². The Morgan fingerprint density at radius 3 is 3.25 bits per heavy atom. The molecule has 1 aromatic rings. The Bertz CT molecular complexity index is 405. The molecule has 1 aromatic heterocycles. The fourth-order valence-electron chi connectivity index (χ4n) is 1.65. The van der Waals surface area contributed by atoms with E-state index >= 15 is 0 Å². The Balaban J connectivity index is 2.07. The number of rotatable bonds is 3. The Hall–Kier alpha value is -2.11. The number of nitrogens with zero attached hydrogens (tertiary/aromatic N) is 3. The lowest BCUT2D eigenvalue weighted by Crippen LogP contribution is -2.20. The van der Waals surface area contributed by atoms with Gasteiger partial charge in [-0.1, -0.05) is 6.07 Å². The zero-order valence-corrected chi connectivity index (χ0v) is 8.67. The second-order valence-corrected chi connectivity index (χ2v) is 3.51. The molecule has 0 unspecified atom stereocenters. The lowest BCUT2D eigenvalue weighted by Gasteiger charge is -2.16. The average molecular weight is 220 g/mol. The first kappa shape index (κ1) is 10.4. The molecule has 0 spiro atoms. The van der Waals surface area contributed by atoms with Gasteiger partial charge in [0, 0.05) is 32.0 Å².